The van der Waals surface area contributed by atoms with Crippen LogP contribution in [0, 0.1) is 0 Å². The lowest BCUT2D eigenvalue weighted by Gasteiger charge is -2.10. The summed E-state index contributed by atoms with van der Waals surface area (Å²) in [5.74, 6) is 0. The molecule has 23 aromatic rings. The number of fused-ring (bicyclic) bond motifs is 22. The second kappa shape index (κ2) is 28.1. The van der Waals surface area contributed by atoms with Gasteiger partial charge in [-0.25, -0.2) is 0 Å². The fourth-order valence-corrected chi connectivity index (χ4v) is 16.9. The molecule has 0 amide bonds. The summed E-state index contributed by atoms with van der Waals surface area (Å²) in [6, 6.07) is 128. The van der Waals surface area contributed by atoms with Gasteiger partial charge >= 0.3 is 0 Å². The van der Waals surface area contributed by atoms with Crippen LogP contribution in [0.25, 0.3) is 208 Å². The van der Waals surface area contributed by atoms with E-state index in [0.29, 0.717) is 0 Å². The van der Waals surface area contributed by atoms with E-state index in [0.717, 1.165) is 133 Å². The summed E-state index contributed by atoms with van der Waals surface area (Å²) in [4.78, 5) is 0. The van der Waals surface area contributed by atoms with E-state index in [4.69, 9.17) is 17.7 Å². The second-order valence-electron chi connectivity index (χ2n) is 27.9. The van der Waals surface area contributed by atoms with Crippen molar-refractivity contribution in [1.82, 2.24) is 0 Å². The molecule has 0 unspecified atom stereocenters. The third-order valence-corrected chi connectivity index (χ3v) is 23.4. The average Bonchev–Trinajstić information content (AvgIpc) is 1.56. The molecule has 0 saturated heterocycles. The van der Waals surface area contributed by atoms with E-state index in [1.54, 1.807) is 0 Å². The fourth-order valence-electron chi connectivity index (χ4n) is 15.8. The highest BCUT2D eigenvalue weighted by atomic mass is 79.9. The molecule has 0 bridgehead atoms. The molecule has 520 valence electrons. The van der Waals surface area contributed by atoms with Crippen molar-refractivity contribution < 1.29 is 17.7 Å². The van der Waals surface area contributed by atoms with Crippen molar-refractivity contribution in [2.75, 3.05) is 0 Å². The van der Waals surface area contributed by atoms with Crippen LogP contribution < -0.4 is 0 Å². The molecule has 0 aliphatic carbocycles. The zero-order valence-electron chi connectivity index (χ0n) is 58.8. The van der Waals surface area contributed by atoms with Crippen LogP contribution in [-0.2, 0) is 0 Å². The minimum absolute atomic E-state index is 0.928. The normalized spacial score (nSPS) is 11.6. The van der Waals surface area contributed by atoms with E-state index in [9.17, 15) is 0 Å². The third-order valence-electron chi connectivity index (χ3n) is 21.3. The molecule has 0 aliphatic rings. The number of para-hydroxylation sites is 1. The van der Waals surface area contributed by atoms with Gasteiger partial charge in [-0.3, -0.25) is 0 Å². The third kappa shape index (κ3) is 12.4. The van der Waals surface area contributed by atoms with Crippen molar-refractivity contribution >= 4 is 216 Å². The first kappa shape index (κ1) is 67.2. The molecule has 0 aliphatic heterocycles. The molecule has 4 heterocycles. The lowest BCUT2D eigenvalue weighted by Crippen LogP contribution is -1.85. The monoisotopic (exact) mass is 1660 g/mol. The van der Waals surface area contributed by atoms with Gasteiger partial charge in [0.25, 0.3) is 0 Å². The molecule has 0 radical (unpaired) electrons. The molecule has 0 fully saturated rings. The van der Waals surface area contributed by atoms with E-state index >= 15 is 0 Å². The zero-order chi connectivity index (χ0) is 73.5. The highest BCUT2D eigenvalue weighted by Crippen LogP contribution is 2.45. The van der Waals surface area contributed by atoms with E-state index in [-0.39, 0.29) is 0 Å². The molecule has 8 heteroatoms. The van der Waals surface area contributed by atoms with Crippen LogP contribution in [0.5, 0.6) is 0 Å². The number of halogens is 4. The maximum atomic E-state index is 6.74. The Morgan fingerprint density at radius 2 is 0.491 bits per heavy atom. The number of benzene rings is 19. The summed E-state index contributed by atoms with van der Waals surface area (Å²) in [5, 5.41) is 23.6. The maximum absolute atomic E-state index is 6.74. The van der Waals surface area contributed by atoms with E-state index in [2.05, 4.69) is 428 Å². The molecule has 4 nitrogen and oxygen atoms in total. The minimum Gasteiger partial charge on any atom is -0.455 e. The lowest BCUT2D eigenvalue weighted by atomic mass is 9.93. The maximum Gasteiger partial charge on any atom is 0.143 e. The molecule has 0 N–H and O–H groups in total. The summed E-state index contributed by atoms with van der Waals surface area (Å²) >= 11 is 14.1. The predicted octanol–water partition coefficient (Wildman–Crippen LogP) is 32.6. The summed E-state index contributed by atoms with van der Waals surface area (Å²) in [5.41, 5.74) is 19.3. The molecule has 23 rings (SSSR count). The Labute approximate surface area is 665 Å². The molecule has 0 saturated carbocycles. The first-order chi connectivity index (χ1) is 54.1. The number of hydrogen-bond acceptors (Lipinski definition) is 4. The predicted molar refractivity (Wildman–Crippen MR) is 478 cm³/mol. The van der Waals surface area contributed by atoms with Gasteiger partial charge < -0.3 is 17.7 Å². The van der Waals surface area contributed by atoms with Crippen LogP contribution in [0.3, 0.4) is 0 Å². The Morgan fingerprint density at radius 1 is 0.145 bits per heavy atom. The molecule has 0 spiro atoms. The number of furan rings is 4. The number of rotatable bonds is 5. The minimum atomic E-state index is 0.928. The second-order valence-corrected chi connectivity index (χ2v) is 31.5. The van der Waals surface area contributed by atoms with Crippen LogP contribution in [0.2, 0.25) is 0 Å². The summed E-state index contributed by atoms with van der Waals surface area (Å²) < 4.78 is 29.9. The molecular weight excluding hydrogens is 1610 g/mol. The topological polar surface area (TPSA) is 52.6 Å². The largest absolute Gasteiger partial charge is 0.455 e. The quantitative estimate of drug-likeness (QED) is 0.172. The fraction of sp³-hybridized carbons (Fsp3) is 0. The van der Waals surface area contributed by atoms with Crippen LogP contribution in [0.1, 0.15) is 0 Å². The van der Waals surface area contributed by atoms with Gasteiger partial charge in [-0.15, -0.1) is 0 Å². The standard InChI is InChI=1S/C36H21BrO.3C22H13BrO/c37-30-15-13-25-18-28(12-11-27(25)19-30)33-20-29(26-10-9-22-5-1-2-7-24(22)17-26)21-34-32-16-14-23-6-3-4-8-31(23)35(32)38-36(33)34;23-16-11-8-15(9-12-16)18-6-3-7-19-20-13-10-14-4-1-2-5-17(14)22(20)24-21(18)19;23-17-9-5-14(6-10-17)16-8-11-19-20-12-7-15-3-1-2-4-18(15)22(20)24-21(19)13-16;23-17-9-5-14(6-10-17)16-8-12-21-20(13-16)19-11-7-15-3-1-2-4-18(15)22(19)24-21/h1-21H;3*1-13H. The van der Waals surface area contributed by atoms with Crippen LogP contribution >= 0.6 is 63.7 Å². The van der Waals surface area contributed by atoms with Gasteiger partial charge in [0, 0.05) is 93.7 Å². The SMILES string of the molecule is Brc1ccc(-c2ccc3c(c2)oc2c4ccccc4ccc32)cc1.Brc1ccc(-c2ccc3oc4c5ccccc5ccc4c3c2)cc1.Brc1ccc(-c2cccc3c2oc2c4ccccc4ccc32)cc1.Brc1ccc2cc(-c3cc(-c4ccc5ccccc5c4)cc4c3oc3c5ccccc5ccc43)ccc2c1. The Bertz CT molecular complexity index is 7520. The summed E-state index contributed by atoms with van der Waals surface area (Å²) in [6.45, 7) is 0. The van der Waals surface area contributed by atoms with Gasteiger partial charge in [0.1, 0.15) is 44.7 Å². The van der Waals surface area contributed by atoms with Gasteiger partial charge in [-0.05, 0) is 209 Å². The molecule has 19 aromatic carbocycles. The van der Waals surface area contributed by atoms with Crippen molar-refractivity contribution in [3.63, 3.8) is 0 Å². The van der Waals surface area contributed by atoms with Gasteiger partial charge in [0.05, 0.1) is 0 Å². The molecule has 0 atom stereocenters. The summed E-state index contributed by atoms with van der Waals surface area (Å²) in [6.07, 6.45) is 0. The molecular formula is C102H60Br4O4. The first-order valence-corrected chi connectivity index (χ1v) is 39.6. The lowest BCUT2D eigenvalue weighted by molar-refractivity contribution is 0.672. The van der Waals surface area contributed by atoms with Crippen LogP contribution in [0.4, 0.5) is 0 Å². The Morgan fingerprint density at radius 3 is 1.08 bits per heavy atom. The van der Waals surface area contributed by atoms with Gasteiger partial charge in [0.2, 0.25) is 0 Å². The molecule has 110 heavy (non-hydrogen) atoms. The van der Waals surface area contributed by atoms with Crippen molar-refractivity contribution in [3.05, 3.63) is 382 Å². The van der Waals surface area contributed by atoms with Crippen LogP contribution in [-0.4, -0.2) is 0 Å². The van der Waals surface area contributed by atoms with Crippen molar-refractivity contribution in [2.45, 2.75) is 0 Å². The van der Waals surface area contributed by atoms with Crippen molar-refractivity contribution in [2.24, 2.45) is 0 Å². The van der Waals surface area contributed by atoms with Gasteiger partial charge in [0.15, 0.2) is 0 Å². The van der Waals surface area contributed by atoms with E-state index < -0.39 is 0 Å². The van der Waals surface area contributed by atoms with Gasteiger partial charge in [-0.1, -0.05) is 306 Å². The Kier molecular flexibility index (Phi) is 17.2. The van der Waals surface area contributed by atoms with E-state index in [1.807, 2.05) is 0 Å². The van der Waals surface area contributed by atoms with Crippen LogP contribution in [0.15, 0.2) is 400 Å². The van der Waals surface area contributed by atoms with Crippen molar-refractivity contribution in [3.8, 4) is 55.6 Å². The summed E-state index contributed by atoms with van der Waals surface area (Å²) in [7, 11) is 0. The smallest absolute Gasteiger partial charge is 0.143 e. The van der Waals surface area contributed by atoms with Crippen molar-refractivity contribution in [1.29, 1.82) is 0 Å². The average molecular weight is 1670 g/mol. The van der Waals surface area contributed by atoms with Gasteiger partial charge in [-0.2, -0.15) is 0 Å². The zero-order valence-corrected chi connectivity index (χ0v) is 65.1. The highest BCUT2D eigenvalue weighted by Gasteiger charge is 2.20. The highest BCUT2D eigenvalue weighted by molar-refractivity contribution is 9.11. The first-order valence-electron chi connectivity index (χ1n) is 36.5. The Hall–Kier alpha value is -12.1. The molecule has 4 aromatic heterocycles. The Balaban J connectivity index is 0.0000000984. The number of hydrogen-bond donors (Lipinski definition) is 0. The van der Waals surface area contributed by atoms with E-state index in [1.165, 1.54) is 92.6 Å².